The fourth-order valence-corrected chi connectivity index (χ4v) is 2.99. The third-order valence-corrected chi connectivity index (χ3v) is 4.48. The van der Waals surface area contributed by atoms with E-state index in [0.29, 0.717) is 12.1 Å². The second-order valence-electron chi connectivity index (χ2n) is 5.01. The van der Waals surface area contributed by atoms with Crippen LogP contribution in [-0.2, 0) is 16.2 Å². The molecule has 136 valence electrons. The standard InChI is InChI=1S/C15H12F5NO3S/c1-9-2-5-11(6-3-9)25(22,23)21-10-4-7-13(24-14(16)17)12(8-10)15(18,19)20/h2-8,14,21H,1H3. The quantitative estimate of drug-likeness (QED) is 0.781. The van der Waals surface area contributed by atoms with E-state index >= 15 is 0 Å². The highest BCUT2D eigenvalue weighted by Gasteiger charge is 2.35. The maximum atomic E-state index is 13.0. The minimum absolute atomic E-state index is 0.153. The van der Waals surface area contributed by atoms with Gasteiger partial charge in [0, 0.05) is 5.69 Å². The highest BCUT2D eigenvalue weighted by molar-refractivity contribution is 7.92. The first-order valence-corrected chi connectivity index (χ1v) is 8.23. The van der Waals surface area contributed by atoms with Gasteiger partial charge < -0.3 is 4.74 Å². The Morgan fingerprint density at radius 1 is 1.04 bits per heavy atom. The zero-order valence-electron chi connectivity index (χ0n) is 12.6. The second-order valence-corrected chi connectivity index (χ2v) is 6.69. The molecular formula is C15H12F5NO3S. The lowest BCUT2D eigenvalue weighted by Gasteiger charge is -2.15. The van der Waals surface area contributed by atoms with Crippen molar-refractivity contribution in [1.82, 2.24) is 0 Å². The molecule has 0 saturated heterocycles. The molecule has 0 aliphatic heterocycles. The molecule has 0 atom stereocenters. The third kappa shape index (κ3) is 4.81. The number of anilines is 1. The summed E-state index contributed by atoms with van der Waals surface area (Å²) in [4.78, 5) is -0.153. The maximum Gasteiger partial charge on any atom is 0.420 e. The number of nitrogens with one attached hydrogen (secondary N) is 1. The van der Waals surface area contributed by atoms with E-state index in [0.717, 1.165) is 11.6 Å². The molecule has 2 rings (SSSR count). The van der Waals surface area contributed by atoms with Crippen molar-refractivity contribution in [3.63, 3.8) is 0 Å². The lowest BCUT2D eigenvalue weighted by atomic mass is 10.1. The van der Waals surface area contributed by atoms with Crippen LogP contribution in [0.2, 0.25) is 0 Å². The van der Waals surface area contributed by atoms with Crippen molar-refractivity contribution in [3.8, 4) is 5.75 Å². The molecule has 0 unspecified atom stereocenters. The van der Waals surface area contributed by atoms with Crippen molar-refractivity contribution in [3.05, 3.63) is 53.6 Å². The molecule has 25 heavy (non-hydrogen) atoms. The van der Waals surface area contributed by atoms with Gasteiger partial charge in [-0.15, -0.1) is 0 Å². The van der Waals surface area contributed by atoms with Gasteiger partial charge in [-0.05, 0) is 37.3 Å². The van der Waals surface area contributed by atoms with Crippen LogP contribution in [0.3, 0.4) is 0 Å². The van der Waals surface area contributed by atoms with Crippen molar-refractivity contribution in [2.24, 2.45) is 0 Å². The number of hydrogen-bond acceptors (Lipinski definition) is 3. The smallest absolute Gasteiger partial charge is 0.420 e. The Bertz CT molecular complexity index is 848. The molecule has 2 aromatic rings. The normalized spacial score (nSPS) is 12.3. The second kappa shape index (κ2) is 6.87. The van der Waals surface area contributed by atoms with Crippen LogP contribution in [0.25, 0.3) is 0 Å². The Labute approximate surface area is 140 Å². The largest absolute Gasteiger partial charge is 0.434 e. The summed E-state index contributed by atoms with van der Waals surface area (Å²) in [5.41, 5.74) is -1.15. The maximum absolute atomic E-state index is 13.0. The molecule has 0 bridgehead atoms. The first kappa shape index (κ1) is 19.0. The molecule has 0 aromatic heterocycles. The molecule has 0 fully saturated rings. The molecule has 0 spiro atoms. The molecular weight excluding hydrogens is 369 g/mol. The highest BCUT2D eigenvalue weighted by atomic mass is 32.2. The van der Waals surface area contributed by atoms with Crippen molar-refractivity contribution in [1.29, 1.82) is 0 Å². The van der Waals surface area contributed by atoms with Gasteiger partial charge in [0.2, 0.25) is 0 Å². The van der Waals surface area contributed by atoms with Crippen LogP contribution in [-0.4, -0.2) is 15.0 Å². The topological polar surface area (TPSA) is 55.4 Å². The molecule has 0 amide bonds. The minimum atomic E-state index is -5.00. The molecule has 0 aliphatic carbocycles. The van der Waals surface area contributed by atoms with Crippen LogP contribution in [0.5, 0.6) is 5.75 Å². The lowest BCUT2D eigenvalue weighted by molar-refractivity contribution is -0.141. The SMILES string of the molecule is Cc1ccc(S(=O)(=O)Nc2ccc(OC(F)F)c(C(F)(F)F)c2)cc1. The molecule has 4 nitrogen and oxygen atoms in total. The monoisotopic (exact) mass is 381 g/mol. The van der Waals surface area contributed by atoms with Crippen LogP contribution >= 0.6 is 0 Å². The summed E-state index contributed by atoms with van der Waals surface area (Å²) in [6, 6.07) is 7.54. The summed E-state index contributed by atoms with van der Waals surface area (Å²) in [6.07, 6.45) is -5.00. The van der Waals surface area contributed by atoms with Gasteiger partial charge in [0.1, 0.15) is 5.75 Å². The molecule has 1 N–H and O–H groups in total. The number of sulfonamides is 1. The van der Waals surface area contributed by atoms with E-state index in [1.807, 2.05) is 4.72 Å². The summed E-state index contributed by atoms with van der Waals surface area (Å²) in [7, 11) is -4.13. The number of hydrogen-bond donors (Lipinski definition) is 1. The predicted molar refractivity (Wildman–Crippen MR) is 80.1 cm³/mol. The molecule has 2 aromatic carbocycles. The summed E-state index contributed by atoms with van der Waals surface area (Å²) >= 11 is 0. The number of alkyl halides is 5. The van der Waals surface area contributed by atoms with E-state index in [1.165, 1.54) is 24.3 Å². The number of ether oxygens (including phenoxy) is 1. The van der Waals surface area contributed by atoms with E-state index in [4.69, 9.17) is 0 Å². The van der Waals surface area contributed by atoms with E-state index in [2.05, 4.69) is 4.74 Å². The van der Waals surface area contributed by atoms with Crippen molar-refractivity contribution in [2.75, 3.05) is 4.72 Å². The Kier molecular flexibility index (Phi) is 5.21. The Morgan fingerprint density at radius 2 is 1.64 bits per heavy atom. The Hall–Kier alpha value is -2.36. The lowest BCUT2D eigenvalue weighted by Crippen LogP contribution is -2.15. The van der Waals surface area contributed by atoms with E-state index in [1.54, 1.807) is 6.92 Å². The number of aryl methyl sites for hydroxylation is 1. The fraction of sp³-hybridized carbons (Fsp3) is 0.200. The molecule has 0 heterocycles. The third-order valence-electron chi connectivity index (χ3n) is 3.08. The van der Waals surface area contributed by atoms with Crippen LogP contribution in [0, 0.1) is 6.92 Å². The summed E-state index contributed by atoms with van der Waals surface area (Å²) in [5.74, 6) is -1.10. The zero-order valence-corrected chi connectivity index (χ0v) is 13.5. The van der Waals surface area contributed by atoms with Crippen LogP contribution in [0.4, 0.5) is 27.6 Å². The minimum Gasteiger partial charge on any atom is -0.434 e. The highest BCUT2D eigenvalue weighted by Crippen LogP contribution is 2.38. The van der Waals surface area contributed by atoms with Crippen LogP contribution in [0.1, 0.15) is 11.1 Å². The van der Waals surface area contributed by atoms with Gasteiger partial charge in [-0.1, -0.05) is 17.7 Å². The summed E-state index contributed by atoms with van der Waals surface area (Å²) < 4.78 is 93.5. The Balaban J connectivity index is 2.38. The van der Waals surface area contributed by atoms with Crippen LogP contribution < -0.4 is 9.46 Å². The number of rotatable bonds is 5. The molecule has 0 radical (unpaired) electrons. The predicted octanol–water partition coefficient (Wildman–Crippen LogP) is 4.42. The number of halogens is 5. The van der Waals surface area contributed by atoms with Crippen molar-refractivity contribution in [2.45, 2.75) is 24.6 Å². The van der Waals surface area contributed by atoms with Gasteiger partial charge in [0.25, 0.3) is 10.0 Å². The molecule has 0 saturated carbocycles. The average Bonchev–Trinajstić information content (AvgIpc) is 2.47. The van der Waals surface area contributed by atoms with Gasteiger partial charge in [-0.3, -0.25) is 4.72 Å². The van der Waals surface area contributed by atoms with Crippen molar-refractivity contribution < 1.29 is 35.1 Å². The zero-order chi connectivity index (χ0) is 18.8. The first-order chi connectivity index (χ1) is 11.5. The molecule has 0 aliphatic rings. The number of benzene rings is 2. The van der Waals surface area contributed by atoms with E-state index < -0.39 is 39.8 Å². The van der Waals surface area contributed by atoms with Gasteiger partial charge in [-0.25, -0.2) is 8.42 Å². The van der Waals surface area contributed by atoms with Crippen molar-refractivity contribution >= 4 is 15.7 Å². The van der Waals surface area contributed by atoms with Gasteiger partial charge >= 0.3 is 12.8 Å². The first-order valence-electron chi connectivity index (χ1n) is 6.74. The van der Waals surface area contributed by atoms with Gasteiger partial charge in [0.05, 0.1) is 10.5 Å². The summed E-state index contributed by atoms with van der Waals surface area (Å²) in [6.45, 7) is -1.71. The van der Waals surface area contributed by atoms with E-state index in [-0.39, 0.29) is 4.90 Å². The van der Waals surface area contributed by atoms with Gasteiger partial charge in [-0.2, -0.15) is 22.0 Å². The van der Waals surface area contributed by atoms with Gasteiger partial charge in [0.15, 0.2) is 0 Å². The van der Waals surface area contributed by atoms with E-state index in [9.17, 15) is 30.4 Å². The summed E-state index contributed by atoms with van der Waals surface area (Å²) in [5, 5.41) is 0. The fourth-order valence-electron chi connectivity index (χ4n) is 1.95. The van der Waals surface area contributed by atoms with Crippen LogP contribution in [0.15, 0.2) is 47.4 Å². The average molecular weight is 381 g/mol. The Morgan fingerprint density at radius 3 is 2.16 bits per heavy atom. The molecule has 10 heteroatoms.